The first-order valence-corrected chi connectivity index (χ1v) is 8.66. The van der Waals surface area contributed by atoms with Gasteiger partial charge in [0.15, 0.2) is 0 Å². The Kier molecular flexibility index (Phi) is 21.8. The Bertz CT molecular complexity index is 298. The van der Waals surface area contributed by atoms with Gasteiger partial charge in [-0.15, -0.1) is 0 Å². The quantitative estimate of drug-likeness (QED) is 0.188. The van der Waals surface area contributed by atoms with Gasteiger partial charge in [-0.25, -0.2) is 4.79 Å². The maximum absolute atomic E-state index is 11.4. The molecular weight excluding hydrogens is 305 g/mol. The van der Waals surface area contributed by atoms with Gasteiger partial charge in [-0.3, -0.25) is 0 Å². The van der Waals surface area contributed by atoms with Crippen LogP contribution in [0.2, 0.25) is 0 Å². The zero-order valence-electron chi connectivity index (χ0n) is 15.0. The summed E-state index contributed by atoms with van der Waals surface area (Å²) in [5.74, 6) is -1.10. The van der Waals surface area contributed by atoms with Gasteiger partial charge in [0.1, 0.15) is 6.61 Å². The number of carboxylic acid groups (broad SMARTS) is 1. The number of hydrogen-bond donors (Lipinski definition) is 1. The molecule has 0 aromatic heterocycles. The smallest absolute Gasteiger partial charge is 0.862 e. The van der Waals surface area contributed by atoms with E-state index < -0.39 is 5.97 Å². The summed E-state index contributed by atoms with van der Waals surface area (Å²) in [4.78, 5) is 14.0. The minimum atomic E-state index is -1.00. The van der Waals surface area contributed by atoms with Gasteiger partial charge in [0.05, 0.1) is 13.2 Å². The summed E-state index contributed by atoms with van der Waals surface area (Å²) >= 11 is 0. The summed E-state index contributed by atoms with van der Waals surface area (Å²) in [6.45, 7) is 2.35. The number of hydrogen-bond acceptors (Lipinski definition) is 4. The Morgan fingerprint density at radius 3 is 2.04 bits per heavy atom. The fraction of sp³-hybridized carbons (Fsp3) is 0.882. The molecule has 0 spiro atoms. The van der Waals surface area contributed by atoms with Gasteiger partial charge in [0, 0.05) is 0 Å². The molecule has 0 aliphatic heterocycles. The third-order valence-corrected chi connectivity index (χ3v) is 3.49. The van der Waals surface area contributed by atoms with Gasteiger partial charge in [-0.2, -0.15) is 0 Å². The van der Waals surface area contributed by atoms with Crippen LogP contribution in [0.4, 0.5) is 0 Å². The topological polar surface area (TPSA) is 82.0 Å². The first-order chi connectivity index (χ1) is 10.7. The Morgan fingerprint density at radius 2 is 1.52 bits per heavy atom. The van der Waals surface area contributed by atoms with Crippen molar-refractivity contribution in [2.24, 2.45) is 4.99 Å². The molecular formula is C17H32NNaO4. The van der Waals surface area contributed by atoms with Crippen LogP contribution in [0.15, 0.2) is 4.99 Å². The number of aliphatic carboxylic acids is 1. The van der Waals surface area contributed by atoms with E-state index in [0.717, 1.165) is 12.8 Å². The van der Waals surface area contributed by atoms with E-state index in [1.807, 2.05) is 0 Å². The zero-order valence-corrected chi connectivity index (χ0v) is 17.0. The van der Waals surface area contributed by atoms with Crippen LogP contribution in [0.1, 0.15) is 77.6 Å². The molecule has 130 valence electrons. The molecule has 0 unspecified atom stereocenters. The van der Waals surface area contributed by atoms with E-state index >= 15 is 0 Å². The third-order valence-electron chi connectivity index (χ3n) is 3.49. The molecule has 0 atom stereocenters. The summed E-state index contributed by atoms with van der Waals surface area (Å²) in [6.07, 6.45) is 13.0. The van der Waals surface area contributed by atoms with Crippen molar-refractivity contribution < 1.29 is 49.3 Å². The number of rotatable bonds is 16. The van der Waals surface area contributed by atoms with E-state index in [4.69, 9.17) is 9.84 Å². The SMILES string of the molecule is CCCCCCCCCCCCC([O-])=NCCOCC(=O)O.[Na+]. The minimum Gasteiger partial charge on any atom is -0.862 e. The zero-order chi connectivity index (χ0) is 16.5. The fourth-order valence-corrected chi connectivity index (χ4v) is 2.24. The largest absolute Gasteiger partial charge is 1.00 e. The molecule has 0 aliphatic carbocycles. The van der Waals surface area contributed by atoms with Crippen molar-refractivity contribution in [3.63, 3.8) is 0 Å². The summed E-state index contributed by atoms with van der Waals surface area (Å²) < 4.78 is 4.80. The molecule has 0 aliphatic rings. The van der Waals surface area contributed by atoms with Crippen LogP contribution in [0, 0.1) is 0 Å². The van der Waals surface area contributed by atoms with Crippen LogP contribution in [0.25, 0.3) is 0 Å². The van der Waals surface area contributed by atoms with Crippen molar-refractivity contribution in [2.75, 3.05) is 19.8 Å². The molecule has 0 saturated heterocycles. The summed E-state index contributed by atoms with van der Waals surface area (Å²) in [7, 11) is 0. The van der Waals surface area contributed by atoms with Crippen LogP contribution >= 0.6 is 0 Å². The molecule has 0 bridgehead atoms. The molecule has 0 aromatic carbocycles. The van der Waals surface area contributed by atoms with E-state index in [9.17, 15) is 9.90 Å². The molecule has 0 heterocycles. The second kappa shape index (κ2) is 19.9. The third kappa shape index (κ3) is 21.9. The maximum atomic E-state index is 11.4. The summed E-state index contributed by atoms with van der Waals surface area (Å²) in [5.41, 5.74) is 0. The van der Waals surface area contributed by atoms with Gasteiger partial charge in [-0.1, -0.05) is 64.7 Å². The van der Waals surface area contributed by atoms with Crippen molar-refractivity contribution in [3.05, 3.63) is 0 Å². The Hall–Kier alpha value is -0.100. The molecule has 23 heavy (non-hydrogen) atoms. The van der Waals surface area contributed by atoms with E-state index in [0.29, 0.717) is 6.42 Å². The Balaban J connectivity index is 0. The van der Waals surface area contributed by atoms with Crippen LogP contribution in [0.5, 0.6) is 0 Å². The van der Waals surface area contributed by atoms with E-state index in [2.05, 4.69) is 11.9 Å². The van der Waals surface area contributed by atoms with Crippen molar-refractivity contribution in [1.29, 1.82) is 0 Å². The summed E-state index contributed by atoms with van der Waals surface area (Å²) in [6, 6.07) is 0. The predicted octanol–water partition coefficient (Wildman–Crippen LogP) is 0.161. The fourth-order valence-electron chi connectivity index (χ4n) is 2.24. The second-order valence-corrected chi connectivity index (χ2v) is 5.65. The summed E-state index contributed by atoms with van der Waals surface area (Å²) in [5, 5.41) is 19.8. The van der Waals surface area contributed by atoms with Crippen molar-refractivity contribution >= 4 is 11.9 Å². The normalized spacial score (nSPS) is 11.3. The molecule has 5 nitrogen and oxygen atoms in total. The first kappa shape index (κ1) is 25.1. The molecule has 0 aromatic rings. The molecule has 0 rings (SSSR count). The van der Waals surface area contributed by atoms with Crippen molar-refractivity contribution in [2.45, 2.75) is 77.6 Å². The minimum absolute atomic E-state index is 0. The van der Waals surface area contributed by atoms with Crippen molar-refractivity contribution in [3.8, 4) is 0 Å². The Morgan fingerprint density at radius 1 is 1.00 bits per heavy atom. The van der Waals surface area contributed by atoms with E-state index in [1.165, 1.54) is 51.4 Å². The Labute approximate surface area is 163 Å². The number of carbonyl (C=O) groups is 1. The van der Waals surface area contributed by atoms with Crippen LogP contribution in [-0.4, -0.2) is 36.7 Å². The number of unbranched alkanes of at least 4 members (excludes halogenated alkanes) is 9. The van der Waals surface area contributed by atoms with E-state index in [1.54, 1.807) is 0 Å². The molecule has 1 N–H and O–H groups in total. The second-order valence-electron chi connectivity index (χ2n) is 5.65. The number of nitrogens with zero attached hydrogens (tertiary/aromatic N) is 1. The van der Waals surface area contributed by atoms with Gasteiger partial charge >= 0.3 is 35.5 Å². The van der Waals surface area contributed by atoms with Crippen LogP contribution in [-0.2, 0) is 9.53 Å². The van der Waals surface area contributed by atoms with Crippen molar-refractivity contribution in [1.82, 2.24) is 0 Å². The molecule has 0 fully saturated rings. The number of carboxylic acids is 1. The average Bonchev–Trinajstić information content (AvgIpc) is 2.48. The van der Waals surface area contributed by atoms with Crippen LogP contribution in [0.3, 0.4) is 0 Å². The van der Waals surface area contributed by atoms with Gasteiger partial charge in [0.2, 0.25) is 0 Å². The maximum Gasteiger partial charge on any atom is 1.00 e. The molecule has 0 saturated carbocycles. The molecule has 0 radical (unpaired) electrons. The first-order valence-electron chi connectivity index (χ1n) is 8.66. The average molecular weight is 337 g/mol. The van der Waals surface area contributed by atoms with Gasteiger partial charge in [0.25, 0.3) is 0 Å². The van der Waals surface area contributed by atoms with Gasteiger partial charge in [-0.05, 0) is 18.7 Å². The number of ether oxygens (including phenoxy) is 1. The number of aliphatic imine (C=N–C) groups is 1. The monoisotopic (exact) mass is 337 g/mol. The molecule has 6 heteroatoms. The van der Waals surface area contributed by atoms with E-state index in [-0.39, 0.29) is 55.2 Å². The predicted molar refractivity (Wildman–Crippen MR) is 87.2 cm³/mol. The van der Waals surface area contributed by atoms with Crippen LogP contribution < -0.4 is 34.7 Å². The molecule has 0 amide bonds. The van der Waals surface area contributed by atoms with Gasteiger partial charge < -0.3 is 19.9 Å². The standard InChI is InChI=1S/C17H33NO4.Na/c1-2-3-4-5-6-7-8-9-10-11-12-16(19)18-13-14-22-15-17(20)21;/h2-15H2,1H3,(H,18,19)(H,20,21);/q;+1/p-1.